The van der Waals surface area contributed by atoms with Crippen molar-refractivity contribution < 1.29 is 4.79 Å². The summed E-state index contributed by atoms with van der Waals surface area (Å²) in [5.41, 5.74) is 13.9. The molecule has 0 bridgehead atoms. The van der Waals surface area contributed by atoms with Gasteiger partial charge in [-0.2, -0.15) is 0 Å². The summed E-state index contributed by atoms with van der Waals surface area (Å²) in [6.07, 6.45) is 0.600. The van der Waals surface area contributed by atoms with E-state index in [2.05, 4.69) is 5.32 Å². The highest BCUT2D eigenvalue weighted by atomic mass is 127. The van der Waals surface area contributed by atoms with Crippen LogP contribution in [0.5, 0.6) is 0 Å². The first-order valence-electron chi connectivity index (χ1n) is 7.91. The number of amides is 1. The second-order valence-corrected chi connectivity index (χ2v) is 9.10. The maximum absolute atomic E-state index is 12.7. The highest BCUT2D eigenvalue weighted by Gasteiger charge is 2.21. The van der Waals surface area contributed by atoms with Crippen LogP contribution >= 0.6 is 57.1 Å². The number of halogens is 3. The topological polar surface area (TPSA) is 110 Å². The van der Waals surface area contributed by atoms with Gasteiger partial charge in [-0.1, -0.05) is 35.3 Å². The molecule has 1 aromatic carbocycles. The summed E-state index contributed by atoms with van der Waals surface area (Å²) >= 11 is 15.3. The quantitative estimate of drug-likeness (QED) is 0.187. The first-order valence-corrected chi connectivity index (χ1v) is 10.6. The lowest BCUT2D eigenvalue weighted by molar-refractivity contribution is 0.0942. The van der Waals surface area contributed by atoms with Gasteiger partial charge in [0.2, 0.25) is 0 Å². The minimum atomic E-state index is -0.247. The average molecular weight is 540 g/mol. The molecule has 0 saturated carbocycles. The van der Waals surface area contributed by atoms with E-state index in [9.17, 15) is 4.79 Å². The summed E-state index contributed by atoms with van der Waals surface area (Å²) < 4.78 is 0.917. The molecule has 0 aliphatic rings. The monoisotopic (exact) mass is 539 g/mol. The van der Waals surface area contributed by atoms with E-state index in [0.29, 0.717) is 42.2 Å². The van der Waals surface area contributed by atoms with Crippen molar-refractivity contribution in [3.8, 4) is 0 Å². The lowest BCUT2D eigenvalue weighted by atomic mass is 10.1. The first kappa shape index (κ1) is 22.3. The normalized spacial score (nSPS) is 13.1. The molecule has 1 amide bonds. The van der Waals surface area contributed by atoms with Crippen LogP contribution in [0.4, 0.5) is 0 Å². The molecule has 0 fully saturated rings. The van der Waals surface area contributed by atoms with Crippen LogP contribution in [0.3, 0.4) is 0 Å². The van der Waals surface area contributed by atoms with Crippen molar-refractivity contribution >= 4 is 68.7 Å². The summed E-state index contributed by atoms with van der Waals surface area (Å²) in [5, 5.41) is 4.98. The Morgan fingerprint density at radius 2 is 1.96 bits per heavy atom. The molecular weight excluding hydrogens is 520 g/mol. The SMILES string of the molecule is CN(N)C(=C(N)I)c1cc(C(=O)NC(CN)Cc2ccc(Cl)cc2)sc1Cl. The van der Waals surface area contributed by atoms with Gasteiger partial charge < -0.3 is 21.8 Å². The standard InChI is InChI=1S/C17H20Cl2IN5OS/c1-25(23)14(16(20)22)12-7-13(27-15(12)19)17(26)24-11(8-21)6-9-2-4-10(18)5-3-9/h2-5,7,11H,6,8,21-23H2,1H3,(H,24,26). The molecule has 10 heteroatoms. The van der Waals surface area contributed by atoms with Gasteiger partial charge >= 0.3 is 0 Å². The fraction of sp³-hybridized carbons (Fsp3) is 0.235. The third kappa shape index (κ3) is 5.97. The number of hydrogen-bond donors (Lipinski definition) is 4. The lowest BCUT2D eigenvalue weighted by Gasteiger charge is -2.17. The Morgan fingerprint density at radius 3 is 2.48 bits per heavy atom. The molecule has 1 aromatic heterocycles. The van der Waals surface area contributed by atoms with E-state index < -0.39 is 0 Å². The number of nitrogens with two attached hydrogens (primary N) is 3. The zero-order chi connectivity index (χ0) is 20.1. The minimum absolute atomic E-state index is 0.218. The van der Waals surface area contributed by atoms with Crippen molar-refractivity contribution in [1.82, 2.24) is 10.3 Å². The zero-order valence-corrected chi connectivity index (χ0v) is 19.0. The Bertz CT molecular complexity index is 834. The number of nitrogens with one attached hydrogen (secondary N) is 1. The third-order valence-corrected chi connectivity index (χ3v) is 5.88. The Hall–Kier alpha value is -1.04. The number of nitrogens with zero attached hydrogens (tertiary/aromatic N) is 1. The van der Waals surface area contributed by atoms with Crippen molar-refractivity contribution in [2.24, 2.45) is 17.3 Å². The van der Waals surface area contributed by atoms with Gasteiger partial charge in [0.05, 0.1) is 14.3 Å². The summed E-state index contributed by atoms with van der Waals surface area (Å²) in [6.45, 7) is 0.303. The number of thiophene rings is 1. The predicted octanol–water partition coefficient (Wildman–Crippen LogP) is 3.18. The highest BCUT2D eigenvalue weighted by molar-refractivity contribution is 14.1. The Labute approximate surface area is 185 Å². The van der Waals surface area contributed by atoms with Gasteiger partial charge in [0.1, 0.15) is 4.34 Å². The van der Waals surface area contributed by atoms with Gasteiger partial charge in [-0.15, -0.1) is 11.3 Å². The maximum Gasteiger partial charge on any atom is 0.261 e. The van der Waals surface area contributed by atoms with E-state index in [-0.39, 0.29) is 11.9 Å². The van der Waals surface area contributed by atoms with Crippen LogP contribution in [-0.4, -0.2) is 30.6 Å². The smallest absolute Gasteiger partial charge is 0.261 e. The zero-order valence-electron chi connectivity index (χ0n) is 14.5. The van der Waals surface area contributed by atoms with Gasteiger partial charge in [0.15, 0.2) is 0 Å². The average Bonchev–Trinajstić information content (AvgIpc) is 2.97. The third-order valence-electron chi connectivity index (χ3n) is 3.76. The van der Waals surface area contributed by atoms with Gasteiger partial charge in [0, 0.05) is 30.2 Å². The molecule has 7 N–H and O–H groups in total. The second-order valence-electron chi connectivity index (χ2n) is 5.84. The van der Waals surface area contributed by atoms with Gasteiger partial charge in [-0.3, -0.25) is 4.79 Å². The van der Waals surface area contributed by atoms with Crippen molar-refractivity contribution in [1.29, 1.82) is 0 Å². The van der Waals surface area contributed by atoms with Crippen LogP contribution in [0, 0.1) is 0 Å². The predicted molar refractivity (Wildman–Crippen MR) is 122 cm³/mol. The minimum Gasteiger partial charge on any atom is -0.392 e. The molecule has 146 valence electrons. The van der Waals surface area contributed by atoms with Crippen LogP contribution < -0.4 is 22.6 Å². The molecule has 2 aromatic rings. The Kier molecular flexibility index (Phi) is 8.20. The summed E-state index contributed by atoms with van der Waals surface area (Å²) in [5.74, 6) is 5.59. The van der Waals surface area contributed by atoms with Crippen molar-refractivity contribution in [3.63, 3.8) is 0 Å². The Balaban J connectivity index is 2.16. The number of rotatable bonds is 7. The largest absolute Gasteiger partial charge is 0.392 e. The van der Waals surface area contributed by atoms with Gasteiger partial charge in [0.25, 0.3) is 5.91 Å². The molecule has 1 heterocycles. The van der Waals surface area contributed by atoms with Crippen LogP contribution in [0.2, 0.25) is 9.36 Å². The fourth-order valence-corrected chi connectivity index (χ4v) is 4.46. The highest BCUT2D eigenvalue weighted by Crippen LogP contribution is 2.35. The van der Waals surface area contributed by atoms with E-state index in [1.54, 1.807) is 13.1 Å². The molecule has 1 unspecified atom stereocenters. The molecular formula is C17H20Cl2IN5OS. The number of carbonyl (C=O) groups is 1. The van der Waals surface area contributed by atoms with Crippen molar-refractivity contribution in [2.75, 3.05) is 13.6 Å². The van der Waals surface area contributed by atoms with E-state index in [0.717, 1.165) is 5.56 Å². The van der Waals surface area contributed by atoms with E-state index in [1.807, 2.05) is 46.9 Å². The molecule has 0 saturated heterocycles. The molecule has 2 rings (SSSR count). The van der Waals surface area contributed by atoms with Crippen LogP contribution in [0.25, 0.3) is 5.70 Å². The summed E-state index contributed by atoms with van der Waals surface area (Å²) in [4.78, 5) is 13.1. The number of benzene rings is 1. The molecule has 27 heavy (non-hydrogen) atoms. The van der Waals surface area contributed by atoms with Gasteiger partial charge in [-0.05, 0) is 52.8 Å². The van der Waals surface area contributed by atoms with E-state index in [1.165, 1.54) is 16.3 Å². The first-order chi connectivity index (χ1) is 12.7. The number of carbonyl (C=O) groups excluding carboxylic acids is 1. The van der Waals surface area contributed by atoms with Crippen LogP contribution in [-0.2, 0) is 6.42 Å². The second kappa shape index (κ2) is 9.94. The number of hydrazine groups is 1. The molecule has 0 aliphatic heterocycles. The fourth-order valence-electron chi connectivity index (χ4n) is 2.48. The van der Waals surface area contributed by atoms with E-state index >= 15 is 0 Å². The molecule has 0 aliphatic carbocycles. The maximum atomic E-state index is 12.7. The molecule has 6 nitrogen and oxygen atoms in total. The van der Waals surface area contributed by atoms with Crippen molar-refractivity contribution in [3.05, 3.63) is 59.4 Å². The molecule has 1 atom stereocenters. The number of hydrogen-bond acceptors (Lipinski definition) is 6. The molecule has 0 radical (unpaired) electrons. The lowest BCUT2D eigenvalue weighted by Crippen LogP contribution is -2.41. The van der Waals surface area contributed by atoms with E-state index in [4.69, 9.17) is 40.5 Å². The van der Waals surface area contributed by atoms with Crippen LogP contribution in [0.1, 0.15) is 20.8 Å². The van der Waals surface area contributed by atoms with Crippen LogP contribution in [0.15, 0.2) is 34.0 Å². The van der Waals surface area contributed by atoms with Crippen molar-refractivity contribution in [2.45, 2.75) is 12.5 Å². The summed E-state index contributed by atoms with van der Waals surface area (Å²) in [6, 6.07) is 8.91. The van der Waals surface area contributed by atoms with Gasteiger partial charge in [-0.25, -0.2) is 5.84 Å². The Morgan fingerprint density at radius 1 is 1.33 bits per heavy atom. The molecule has 0 spiro atoms. The summed E-state index contributed by atoms with van der Waals surface area (Å²) in [7, 11) is 1.66.